The average molecular weight is 259 g/mol. The molecule has 1 heterocycles. The number of fused-ring (bicyclic) bond motifs is 1. The summed E-state index contributed by atoms with van der Waals surface area (Å²) >= 11 is 0. The molecule has 1 atom stereocenters. The van der Waals surface area contributed by atoms with Gasteiger partial charge in [-0.15, -0.1) is 0 Å². The topological polar surface area (TPSA) is 60.2 Å². The van der Waals surface area contributed by atoms with Gasteiger partial charge < -0.3 is 4.74 Å². The predicted molar refractivity (Wildman–Crippen MR) is 77.6 cm³/mol. The lowest BCUT2D eigenvalue weighted by molar-refractivity contribution is 0.0614. The molecule has 4 nitrogen and oxygen atoms in total. The Kier molecular flexibility index (Phi) is 4.47. The number of pyridine rings is 1. The molecule has 0 aliphatic rings. The highest BCUT2D eigenvalue weighted by Crippen LogP contribution is 2.24. The van der Waals surface area contributed by atoms with Crippen LogP contribution in [0.1, 0.15) is 31.1 Å². The quantitative estimate of drug-likeness (QED) is 0.639. The molecular weight excluding hydrogens is 238 g/mol. The summed E-state index contributed by atoms with van der Waals surface area (Å²) in [4.78, 5) is 4.54. The number of nitrogens with one attached hydrogen (secondary N) is 1. The minimum atomic E-state index is -0.0333. The smallest absolute Gasteiger partial charge is 0.0708 e. The van der Waals surface area contributed by atoms with Crippen LogP contribution in [0.15, 0.2) is 30.3 Å². The molecular formula is C15H21N3O. The van der Waals surface area contributed by atoms with Crippen LogP contribution in [0.2, 0.25) is 0 Å². The molecule has 0 saturated carbocycles. The number of nitrogens with zero attached hydrogens (tertiary/aromatic N) is 1. The number of hydrogen-bond donors (Lipinski definition) is 2. The number of hydrogen-bond acceptors (Lipinski definition) is 4. The molecule has 1 aromatic carbocycles. The first-order valence-corrected chi connectivity index (χ1v) is 6.56. The number of rotatable bonds is 5. The second kappa shape index (κ2) is 6.10. The first-order valence-electron chi connectivity index (χ1n) is 6.56. The molecule has 0 spiro atoms. The maximum Gasteiger partial charge on any atom is 0.0708 e. The van der Waals surface area contributed by atoms with Crippen molar-refractivity contribution >= 4 is 10.9 Å². The lowest BCUT2D eigenvalue weighted by Crippen LogP contribution is -2.32. The van der Waals surface area contributed by atoms with E-state index in [1.807, 2.05) is 39.0 Å². The first kappa shape index (κ1) is 13.9. The van der Waals surface area contributed by atoms with Crippen LogP contribution in [0.3, 0.4) is 0 Å². The van der Waals surface area contributed by atoms with Crippen molar-refractivity contribution in [3.8, 4) is 0 Å². The van der Waals surface area contributed by atoms with Gasteiger partial charge in [0.2, 0.25) is 0 Å². The second-order valence-corrected chi connectivity index (χ2v) is 4.97. The van der Waals surface area contributed by atoms with Crippen molar-refractivity contribution in [2.45, 2.75) is 32.9 Å². The highest BCUT2D eigenvalue weighted by molar-refractivity contribution is 5.82. The third kappa shape index (κ3) is 3.29. The van der Waals surface area contributed by atoms with Crippen LogP contribution in [0, 0.1) is 6.92 Å². The number of hydrazine groups is 1. The van der Waals surface area contributed by atoms with Crippen molar-refractivity contribution in [1.82, 2.24) is 10.4 Å². The number of aryl methyl sites for hydroxylation is 1. The monoisotopic (exact) mass is 259 g/mol. The van der Waals surface area contributed by atoms with Gasteiger partial charge in [0.25, 0.3) is 0 Å². The number of ether oxygens (including phenoxy) is 1. The zero-order chi connectivity index (χ0) is 13.8. The number of aromatic nitrogens is 1. The van der Waals surface area contributed by atoms with Gasteiger partial charge in [0.1, 0.15) is 0 Å². The van der Waals surface area contributed by atoms with E-state index in [9.17, 15) is 0 Å². The van der Waals surface area contributed by atoms with Gasteiger partial charge in [-0.05, 0) is 38.5 Å². The van der Waals surface area contributed by atoms with Gasteiger partial charge in [-0.1, -0.05) is 18.2 Å². The summed E-state index contributed by atoms with van der Waals surface area (Å²) in [5.41, 5.74) is 5.94. The van der Waals surface area contributed by atoms with E-state index in [1.165, 1.54) is 0 Å². The molecule has 1 unspecified atom stereocenters. The molecule has 0 saturated heterocycles. The molecule has 2 aromatic rings. The van der Waals surface area contributed by atoms with E-state index in [0.29, 0.717) is 6.61 Å². The third-order valence-electron chi connectivity index (χ3n) is 3.05. The van der Waals surface area contributed by atoms with Gasteiger partial charge in [-0.2, -0.15) is 0 Å². The van der Waals surface area contributed by atoms with Gasteiger partial charge in [0.05, 0.1) is 24.3 Å². The van der Waals surface area contributed by atoms with Crippen molar-refractivity contribution in [1.29, 1.82) is 0 Å². The fourth-order valence-corrected chi connectivity index (χ4v) is 2.14. The first-order chi connectivity index (χ1) is 9.11. The summed E-state index contributed by atoms with van der Waals surface area (Å²) < 4.78 is 5.68. The Labute approximate surface area is 113 Å². The van der Waals surface area contributed by atoms with Crippen molar-refractivity contribution in [3.63, 3.8) is 0 Å². The molecule has 0 aliphatic heterocycles. The van der Waals surface area contributed by atoms with Gasteiger partial charge >= 0.3 is 0 Å². The highest BCUT2D eigenvalue weighted by Gasteiger charge is 2.15. The van der Waals surface area contributed by atoms with Crippen molar-refractivity contribution in [2.75, 3.05) is 6.61 Å². The average Bonchev–Trinajstić information content (AvgIpc) is 2.38. The van der Waals surface area contributed by atoms with Gasteiger partial charge in [-0.3, -0.25) is 16.3 Å². The molecule has 3 N–H and O–H groups in total. The van der Waals surface area contributed by atoms with Crippen LogP contribution in [0.25, 0.3) is 10.9 Å². The number of para-hydroxylation sites is 1. The summed E-state index contributed by atoms with van der Waals surface area (Å²) in [7, 11) is 0. The molecule has 2 rings (SSSR count). The van der Waals surface area contributed by atoms with Crippen molar-refractivity contribution in [2.24, 2.45) is 5.84 Å². The summed E-state index contributed by atoms with van der Waals surface area (Å²) in [6.07, 6.45) is 0.185. The van der Waals surface area contributed by atoms with Crippen LogP contribution >= 0.6 is 0 Å². The Morgan fingerprint density at radius 2 is 2.05 bits per heavy atom. The molecule has 1 aromatic heterocycles. The van der Waals surface area contributed by atoms with Crippen LogP contribution in [-0.2, 0) is 4.74 Å². The Bertz CT molecular complexity index is 554. The lowest BCUT2D eigenvalue weighted by atomic mass is 10.0. The maximum absolute atomic E-state index is 5.68. The Morgan fingerprint density at radius 1 is 1.32 bits per heavy atom. The Morgan fingerprint density at radius 3 is 2.74 bits per heavy atom. The third-order valence-corrected chi connectivity index (χ3v) is 3.05. The van der Waals surface area contributed by atoms with Crippen molar-refractivity contribution < 1.29 is 4.74 Å². The van der Waals surface area contributed by atoms with Crippen LogP contribution in [0.4, 0.5) is 0 Å². The SMILES string of the molecule is Cc1cc(C(COC(C)C)NN)c2ccccc2n1. The second-order valence-electron chi connectivity index (χ2n) is 4.97. The zero-order valence-corrected chi connectivity index (χ0v) is 11.7. The highest BCUT2D eigenvalue weighted by atomic mass is 16.5. The number of benzene rings is 1. The summed E-state index contributed by atoms with van der Waals surface area (Å²) in [5, 5.41) is 1.11. The molecule has 0 fully saturated rings. The van der Waals surface area contributed by atoms with E-state index in [0.717, 1.165) is 22.2 Å². The zero-order valence-electron chi connectivity index (χ0n) is 11.7. The van der Waals surface area contributed by atoms with Crippen molar-refractivity contribution in [3.05, 3.63) is 41.6 Å². The predicted octanol–water partition coefficient (Wildman–Crippen LogP) is 2.47. The normalized spacial score (nSPS) is 13.1. The van der Waals surface area contributed by atoms with E-state index >= 15 is 0 Å². The van der Waals surface area contributed by atoms with E-state index in [2.05, 4.69) is 22.5 Å². The van der Waals surface area contributed by atoms with E-state index in [1.54, 1.807) is 0 Å². The number of nitrogens with two attached hydrogens (primary N) is 1. The molecule has 0 aliphatic carbocycles. The minimum Gasteiger partial charge on any atom is -0.377 e. The lowest BCUT2D eigenvalue weighted by Gasteiger charge is -2.20. The van der Waals surface area contributed by atoms with Crippen LogP contribution < -0.4 is 11.3 Å². The fraction of sp³-hybridized carbons (Fsp3) is 0.400. The maximum atomic E-state index is 5.68. The molecule has 4 heteroatoms. The van der Waals surface area contributed by atoms with Gasteiger partial charge in [-0.25, -0.2) is 0 Å². The molecule has 0 bridgehead atoms. The summed E-state index contributed by atoms with van der Waals surface area (Å²) in [6.45, 7) is 6.57. The largest absolute Gasteiger partial charge is 0.377 e. The fourth-order valence-electron chi connectivity index (χ4n) is 2.14. The van der Waals surface area contributed by atoms with Crippen LogP contribution in [-0.4, -0.2) is 17.7 Å². The summed E-state index contributed by atoms with van der Waals surface area (Å²) in [5.74, 6) is 5.68. The van der Waals surface area contributed by atoms with Crippen LogP contribution in [0.5, 0.6) is 0 Å². The molecule has 19 heavy (non-hydrogen) atoms. The van der Waals surface area contributed by atoms with Gasteiger partial charge in [0, 0.05) is 11.1 Å². The minimum absolute atomic E-state index is 0.0333. The Balaban J connectivity index is 2.41. The van der Waals surface area contributed by atoms with Gasteiger partial charge in [0.15, 0.2) is 0 Å². The van der Waals surface area contributed by atoms with E-state index < -0.39 is 0 Å². The molecule has 0 amide bonds. The molecule has 102 valence electrons. The molecule has 0 radical (unpaired) electrons. The summed E-state index contributed by atoms with van der Waals surface area (Å²) in [6, 6.07) is 10.1. The van der Waals surface area contributed by atoms with E-state index in [4.69, 9.17) is 10.6 Å². The standard InChI is InChI=1S/C15H21N3O/c1-10(2)19-9-15(18-16)13-8-11(3)17-14-7-5-4-6-12(13)14/h4-8,10,15,18H,9,16H2,1-3H3. The Hall–Kier alpha value is -1.49. The van der Waals surface area contributed by atoms with E-state index in [-0.39, 0.29) is 12.1 Å².